The van der Waals surface area contributed by atoms with E-state index < -0.39 is 4.92 Å². The predicted molar refractivity (Wildman–Crippen MR) is 55.2 cm³/mol. The van der Waals surface area contributed by atoms with Crippen molar-refractivity contribution in [3.63, 3.8) is 0 Å². The molecule has 0 bridgehead atoms. The average molecular weight is 261 g/mol. The zero-order valence-electron chi connectivity index (χ0n) is 7.49. The number of nitro benzene ring substituents is 1. The van der Waals surface area contributed by atoms with Crippen LogP contribution in [-0.2, 0) is 6.54 Å². The fraction of sp³-hybridized carbons (Fsp3) is 0.250. The summed E-state index contributed by atoms with van der Waals surface area (Å²) in [6.45, 7) is 0.198. The first-order valence-electron chi connectivity index (χ1n) is 3.81. The van der Waals surface area contributed by atoms with E-state index in [4.69, 9.17) is 10.5 Å². The summed E-state index contributed by atoms with van der Waals surface area (Å²) in [7, 11) is 1.49. The van der Waals surface area contributed by atoms with Crippen LogP contribution in [0.1, 0.15) is 5.56 Å². The van der Waals surface area contributed by atoms with Crippen LogP contribution in [-0.4, -0.2) is 12.0 Å². The van der Waals surface area contributed by atoms with E-state index in [0.29, 0.717) is 15.8 Å². The molecular formula is C8H9BrN2O3. The summed E-state index contributed by atoms with van der Waals surface area (Å²) in [5, 5.41) is 10.5. The maximum atomic E-state index is 10.5. The molecule has 0 aliphatic heterocycles. The first-order chi connectivity index (χ1) is 6.60. The number of hydrogen-bond acceptors (Lipinski definition) is 4. The molecule has 1 aromatic rings. The highest BCUT2D eigenvalue weighted by molar-refractivity contribution is 9.10. The number of nitro groups is 1. The summed E-state index contributed by atoms with van der Waals surface area (Å²) in [6, 6.07) is 2.79. The Morgan fingerprint density at radius 3 is 2.71 bits per heavy atom. The van der Waals surface area contributed by atoms with Crippen LogP contribution in [0.3, 0.4) is 0 Å². The normalized spacial score (nSPS) is 9.93. The van der Waals surface area contributed by atoms with Gasteiger partial charge in [0, 0.05) is 24.2 Å². The lowest BCUT2D eigenvalue weighted by molar-refractivity contribution is -0.385. The molecule has 0 aromatic heterocycles. The molecule has 0 amide bonds. The molecule has 0 aliphatic rings. The lowest BCUT2D eigenvalue weighted by Crippen LogP contribution is -2.02. The minimum atomic E-state index is -0.469. The quantitative estimate of drug-likeness (QED) is 0.664. The van der Waals surface area contributed by atoms with E-state index in [9.17, 15) is 10.1 Å². The van der Waals surface area contributed by atoms with Crippen molar-refractivity contribution in [3.05, 3.63) is 32.3 Å². The van der Waals surface area contributed by atoms with Gasteiger partial charge in [-0.05, 0) is 15.9 Å². The molecular weight excluding hydrogens is 252 g/mol. The van der Waals surface area contributed by atoms with Crippen LogP contribution >= 0.6 is 15.9 Å². The second-order valence-electron chi connectivity index (χ2n) is 2.58. The maximum Gasteiger partial charge on any atom is 0.271 e. The Kier molecular flexibility index (Phi) is 3.43. The second kappa shape index (κ2) is 4.39. The van der Waals surface area contributed by atoms with Crippen molar-refractivity contribution in [2.75, 3.05) is 7.11 Å². The molecule has 1 rings (SSSR count). The molecule has 0 heterocycles. The second-order valence-corrected chi connectivity index (χ2v) is 3.44. The number of halogens is 1. The molecule has 14 heavy (non-hydrogen) atoms. The van der Waals surface area contributed by atoms with Crippen molar-refractivity contribution in [1.29, 1.82) is 0 Å². The van der Waals surface area contributed by atoms with E-state index in [1.54, 1.807) is 0 Å². The monoisotopic (exact) mass is 260 g/mol. The Morgan fingerprint density at radius 2 is 2.29 bits per heavy atom. The Bertz CT molecular complexity index is 368. The Hall–Kier alpha value is -1.14. The zero-order valence-corrected chi connectivity index (χ0v) is 9.08. The topological polar surface area (TPSA) is 78.4 Å². The van der Waals surface area contributed by atoms with E-state index in [1.165, 1.54) is 19.2 Å². The van der Waals surface area contributed by atoms with Crippen molar-refractivity contribution in [1.82, 2.24) is 0 Å². The SMILES string of the molecule is COc1c(Br)cc([N+](=O)[O-])cc1CN. The van der Waals surface area contributed by atoms with Gasteiger partial charge in [-0.15, -0.1) is 0 Å². The van der Waals surface area contributed by atoms with Crippen LogP contribution in [0.15, 0.2) is 16.6 Å². The standard InChI is InChI=1S/C8H9BrN2O3/c1-14-8-5(4-10)2-6(11(12)13)3-7(8)9/h2-3H,4,10H2,1H3. The number of benzene rings is 1. The summed E-state index contributed by atoms with van der Waals surface area (Å²) >= 11 is 3.18. The molecule has 2 N–H and O–H groups in total. The smallest absolute Gasteiger partial charge is 0.271 e. The predicted octanol–water partition coefficient (Wildman–Crippen LogP) is 1.82. The fourth-order valence-corrected chi connectivity index (χ4v) is 1.77. The summed E-state index contributed by atoms with van der Waals surface area (Å²) in [6.07, 6.45) is 0. The lowest BCUT2D eigenvalue weighted by Gasteiger charge is -2.08. The van der Waals surface area contributed by atoms with Gasteiger partial charge in [-0.2, -0.15) is 0 Å². The molecule has 0 saturated carbocycles. The van der Waals surface area contributed by atoms with E-state index in [1.807, 2.05) is 0 Å². The Morgan fingerprint density at radius 1 is 1.64 bits per heavy atom. The van der Waals surface area contributed by atoms with Crippen LogP contribution < -0.4 is 10.5 Å². The van der Waals surface area contributed by atoms with Crippen molar-refractivity contribution in [3.8, 4) is 5.75 Å². The number of nitrogens with two attached hydrogens (primary N) is 1. The first-order valence-corrected chi connectivity index (χ1v) is 4.60. The van der Waals surface area contributed by atoms with Crippen LogP contribution in [0.2, 0.25) is 0 Å². The summed E-state index contributed by atoms with van der Waals surface area (Å²) in [4.78, 5) is 10.1. The third kappa shape index (κ3) is 2.02. The van der Waals surface area contributed by atoms with Crippen molar-refractivity contribution < 1.29 is 9.66 Å². The number of nitrogens with zero attached hydrogens (tertiary/aromatic N) is 1. The van der Waals surface area contributed by atoms with Gasteiger partial charge in [-0.25, -0.2) is 0 Å². The highest BCUT2D eigenvalue weighted by Crippen LogP contribution is 2.33. The molecule has 0 radical (unpaired) electrons. The third-order valence-corrected chi connectivity index (χ3v) is 2.33. The summed E-state index contributed by atoms with van der Waals surface area (Å²) in [5.74, 6) is 0.540. The van der Waals surface area contributed by atoms with Crippen LogP contribution in [0.25, 0.3) is 0 Å². The molecule has 6 heteroatoms. The summed E-state index contributed by atoms with van der Waals surface area (Å²) < 4.78 is 5.59. The number of non-ortho nitro benzene ring substituents is 1. The van der Waals surface area contributed by atoms with Crippen LogP contribution in [0.4, 0.5) is 5.69 Å². The van der Waals surface area contributed by atoms with Crippen molar-refractivity contribution >= 4 is 21.6 Å². The van der Waals surface area contributed by atoms with E-state index >= 15 is 0 Å². The van der Waals surface area contributed by atoms with Gasteiger partial charge in [0.15, 0.2) is 0 Å². The van der Waals surface area contributed by atoms with Crippen molar-refractivity contribution in [2.45, 2.75) is 6.54 Å². The Balaban J connectivity index is 3.31. The number of ether oxygens (including phenoxy) is 1. The molecule has 0 fully saturated rings. The van der Waals surface area contributed by atoms with E-state index in [0.717, 1.165) is 0 Å². The molecule has 0 spiro atoms. The minimum Gasteiger partial charge on any atom is -0.495 e. The van der Waals surface area contributed by atoms with Crippen molar-refractivity contribution in [2.24, 2.45) is 5.73 Å². The van der Waals surface area contributed by atoms with E-state index in [-0.39, 0.29) is 12.2 Å². The van der Waals surface area contributed by atoms with Gasteiger partial charge >= 0.3 is 0 Å². The fourth-order valence-electron chi connectivity index (χ4n) is 1.12. The minimum absolute atomic E-state index is 0.00174. The number of rotatable bonds is 3. The van der Waals surface area contributed by atoms with Gasteiger partial charge in [0.05, 0.1) is 16.5 Å². The maximum absolute atomic E-state index is 10.5. The third-order valence-electron chi connectivity index (χ3n) is 1.74. The molecule has 1 aromatic carbocycles. The van der Waals surface area contributed by atoms with Crippen LogP contribution in [0, 0.1) is 10.1 Å². The first kappa shape index (κ1) is 10.9. The lowest BCUT2D eigenvalue weighted by atomic mass is 10.2. The van der Waals surface area contributed by atoms with Gasteiger partial charge in [-0.1, -0.05) is 0 Å². The highest BCUT2D eigenvalue weighted by atomic mass is 79.9. The zero-order chi connectivity index (χ0) is 10.7. The number of methoxy groups -OCH3 is 1. The Labute approximate surface area is 89.1 Å². The van der Waals surface area contributed by atoms with Gasteiger partial charge < -0.3 is 10.5 Å². The molecule has 0 unspecified atom stereocenters. The van der Waals surface area contributed by atoms with Gasteiger partial charge in [-0.3, -0.25) is 10.1 Å². The molecule has 76 valence electrons. The average Bonchev–Trinajstić information content (AvgIpc) is 2.16. The highest BCUT2D eigenvalue weighted by Gasteiger charge is 2.14. The number of hydrogen-bond donors (Lipinski definition) is 1. The largest absolute Gasteiger partial charge is 0.495 e. The molecule has 0 saturated heterocycles. The van der Waals surface area contributed by atoms with Gasteiger partial charge in [0.1, 0.15) is 5.75 Å². The van der Waals surface area contributed by atoms with Crippen LogP contribution in [0.5, 0.6) is 5.75 Å². The van der Waals surface area contributed by atoms with E-state index in [2.05, 4.69) is 15.9 Å². The molecule has 5 nitrogen and oxygen atoms in total. The molecule has 0 atom stereocenters. The van der Waals surface area contributed by atoms with Gasteiger partial charge in [0.25, 0.3) is 5.69 Å². The summed E-state index contributed by atoms with van der Waals surface area (Å²) in [5.41, 5.74) is 6.04. The molecule has 0 aliphatic carbocycles. The van der Waals surface area contributed by atoms with Gasteiger partial charge in [0.2, 0.25) is 0 Å².